The normalized spacial score (nSPS) is 11.5. The minimum Gasteiger partial charge on any atom is -0.494 e. The van der Waals surface area contributed by atoms with E-state index in [9.17, 15) is 9.59 Å². The zero-order valence-corrected chi connectivity index (χ0v) is 30.0. The Bertz CT molecular complexity index is 1690. The second-order valence-electron chi connectivity index (χ2n) is 13.6. The van der Waals surface area contributed by atoms with Crippen LogP contribution < -0.4 is 15.4 Å². The number of amides is 2. The highest BCUT2D eigenvalue weighted by atomic mass is 16.5. The first-order valence-electron chi connectivity index (χ1n) is 17.4. The Hall–Kier alpha value is -4.82. The van der Waals surface area contributed by atoms with Gasteiger partial charge in [-0.15, -0.1) is 0 Å². The summed E-state index contributed by atoms with van der Waals surface area (Å²) in [6.07, 6.45) is 9.55. The smallest absolute Gasteiger partial charge is 0.255 e. The summed E-state index contributed by atoms with van der Waals surface area (Å²) in [7, 11) is 8.31. The number of anilines is 2. The Kier molecular flexibility index (Phi) is 13.7. The molecule has 0 aromatic heterocycles. The first-order chi connectivity index (χ1) is 23.5. The predicted octanol–water partition coefficient (Wildman–Crippen LogP) is 10.1. The van der Waals surface area contributed by atoms with E-state index in [4.69, 9.17) is 4.74 Å². The van der Waals surface area contributed by atoms with Gasteiger partial charge in [0.15, 0.2) is 0 Å². The number of aryl methyl sites for hydroxylation is 3. The van der Waals surface area contributed by atoms with E-state index < -0.39 is 0 Å². The molecule has 8 heteroatoms. The first-order valence-corrected chi connectivity index (χ1v) is 17.4. The van der Waals surface area contributed by atoms with Crippen LogP contribution in [0.3, 0.4) is 0 Å². The maximum Gasteiger partial charge on any atom is 0.255 e. The summed E-state index contributed by atoms with van der Waals surface area (Å²) >= 11 is 0. The molecule has 0 aliphatic carbocycles. The molecular weight excluding hydrogens is 610 g/mol. The molecule has 4 aromatic rings. The Morgan fingerprint density at radius 1 is 0.694 bits per heavy atom. The highest BCUT2D eigenvalue weighted by molar-refractivity contribution is 6.05. The predicted molar refractivity (Wildman–Crippen MR) is 201 cm³/mol. The van der Waals surface area contributed by atoms with Gasteiger partial charge in [-0.25, -0.2) is 0 Å². The molecule has 49 heavy (non-hydrogen) atoms. The number of azo groups is 1. The van der Waals surface area contributed by atoms with Crippen LogP contribution in [-0.4, -0.2) is 51.1 Å². The monoisotopic (exact) mass is 662 g/mol. The van der Waals surface area contributed by atoms with Gasteiger partial charge in [-0.3, -0.25) is 9.59 Å². The zero-order chi connectivity index (χ0) is 35.2. The van der Waals surface area contributed by atoms with Crippen LogP contribution in [0.5, 0.6) is 5.75 Å². The van der Waals surface area contributed by atoms with Crippen molar-refractivity contribution < 1.29 is 18.8 Å². The van der Waals surface area contributed by atoms with Gasteiger partial charge in [-0.05, 0) is 110 Å². The van der Waals surface area contributed by atoms with E-state index in [1.54, 1.807) is 37.4 Å². The Morgan fingerprint density at radius 3 is 1.86 bits per heavy atom. The Labute approximate surface area is 292 Å². The first kappa shape index (κ1) is 37.0. The van der Waals surface area contributed by atoms with Crippen molar-refractivity contribution in [3.8, 4) is 5.75 Å². The molecule has 0 atom stereocenters. The highest BCUT2D eigenvalue weighted by Crippen LogP contribution is 2.34. The maximum absolute atomic E-state index is 13.1. The van der Waals surface area contributed by atoms with Crippen LogP contribution in [0.4, 0.5) is 22.7 Å². The quantitative estimate of drug-likeness (QED) is 0.0670. The van der Waals surface area contributed by atoms with Crippen molar-refractivity contribution in [3.05, 3.63) is 113 Å². The molecule has 0 fully saturated rings. The van der Waals surface area contributed by atoms with Gasteiger partial charge in [0.2, 0.25) is 0 Å². The number of methoxy groups -OCH3 is 1. The average molecular weight is 663 g/mol. The lowest BCUT2D eigenvalue weighted by Gasteiger charge is -2.23. The molecule has 2 amide bonds. The van der Waals surface area contributed by atoms with Gasteiger partial charge in [-0.1, -0.05) is 50.5 Å². The molecule has 0 aliphatic rings. The van der Waals surface area contributed by atoms with Crippen molar-refractivity contribution in [1.29, 1.82) is 0 Å². The number of hydrogen-bond donors (Lipinski definition) is 2. The van der Waals surface area contributed by atoms with Gasteiger partial charge in [0, 0.05) is 22.9 Å². The number of nitrogens with zero attached hydrogens (tertiary/aromatic N) is 3. The largest absolute Gasteiger partial charge is 0.494 e. The summed E-state index contributed by atoms with van der Waals surface area (Å²) in [6, 6.07) is 26.2. The van der Waals surface area contributed by atoms with Crippen LogP contribution >= 0.6 is 0 Å². The van der Waals surface area contributed by atoms with E-state index in [2.05, 4.69) is 48.9 Å². The molecule has 0 aliphatic heterocycles. The lowest BCUT2D eigenvalue weighted by molar-refractivity contribution is -0.870. The molecule has 8 nitrogen and oxygen atoms in total. The van der Waals surface area contributed by atoms with Crippen molar-refractivity contribution in [1.82, 2.24) is 0 Å². The molecule has 0 radical (unpaired) electrons. The molecule has 4 aromatic carbocycles. The number of ether oxygens (including phenoxy) is 1. The molecule has 0 saturated carbocycles. The Morgan fingerprint density at radius 2 is 1.27 bits per heavy atom. The summed E-state index contributed by atoms with van der Waals surface area (Å²) < 4.78 is 6.63. The third-order valence-corrected chi connectivity index (χ3v) is 8.55. The van der Waals surface area contributed by atoms with E-state index >= 15 is 0 Å². The van der Waals surface area contributed by atoms with Crippen molar-refractivity contribution in [2.45, 2.75) is 65.2 Å². The summed E-state index contributed by atoms with van der Waals surface area (Å²) in [6.45, 7) is 5.23. The van der Waals surface area contributed by atoms with Crippen LogP contribution in [-0.2, 0) is 12.8 Å². The molecular formula is C41H52N5O3+. The van der Waals surface area contributed by atoms with Gasteiger partial charge < -0.3 is 19.9 Å². The van der Waals surface area contributed by atoms with Crippen molar-refractivity contribution in [3.63, 3.8) is 0 Å². The zero-order valence-electron chi connectivity index (χ0n) is 30.0. The van der Waals surface area contributed by atoms with E-state index in [1.807, 2.05) is 61.5 Å². The minimum atomic E-state index is -0.197. The SMILES string of the molecule is CCc1ccc(C(=O)Nc2ccc(/N=N/c3cc(OC)c(NC(=O)c4ccc(CCCCCCCC[N+](C)(C)C)cc4)cc3C)cc2)cc1. The highest BCUT2D eigenvalue weighted by Gasteiger charge is 2.13. The minimum absolute atomic E-state index is 0.165. The van der Waals surface area contributed by atoms with Gasteiger partial charge in [0.05, 0.1) is 51.9 Å². The Balaban J connectivity index is 1.27. The van der Waals surface area contributed by atoms with Gasteiger partial charge in [0.1, 0.15) is 5.75 Å². The number of benzene rings is 4. The molecule has 2 N–H and O–H groups in total. The number of nitrogens with one attached hydrogen (secondary N) is 2. The molecule has 0 heterocycles. The molecule has 0 saturated heterocycles. The number of quaternary nitrogens is 1. The molecule has 0 spiro atoms. The second-order valence-corrected chi connectivity index (χ2v) is 13.6. The molecule has 0 unspecified atom stereocenters. The van der Waals surface area contributed by atoms with Crippen molar-refractivity contribution in [2.24, 2.45) is 10.2 Å². The van der Waals surface area contributed by atoms with E-state index in [0.717, 1.165) is 22.9 Å². The summed E-state index contributed by atoms with van der Waals surface area (Å²) in [5.74, 6) is 0.131. The van der Waals surface area contributed by atoms with E-state index in [1.165, 1.54) is 56.2 Å². The van der Waals surface area contributed by atoms with Gasteiger partial charge >= 0.3 is 0 Å². The number of carbonyl (C=O) groups excluding carboxylic acids is 2. The van der Waals surface area contributed by atoms with Crippen LogP contribution in [0.25, 0.3) is 0 Å². The standard InChI is InChI=1S/C41H51N5O3/c1-7-31-15-19-33(20-16-31)40(47)42-35-23-25-36(26-24-35)44-45-37-29-39(49-6)38(28-30(37)2)43-41(48)34-21-17-32(18-22-34)14-12-10-8-9-11-13-27-46(3,4)5/h15-26,28-29H,7-14,27H2,1-6H3,(H-,42,43,44,45,47,48)/p+1. The topological polar surface area (TPSA) is 92.2 Å². The molecule has 0 bridgehead atoms. The maximum atomic E-state index is 13.1. The number of hydrogen-bond acceptors (Lipinski definition) is 5. The van der Waals surface area contributed by atoms with Crippen molar-refractivity contribution in [2.75, 3.05) is 45.4 Å². The number of unbranched alkanes of at least 4 members (excludes halogenated alkanes) is 5. The van der Waals surface area contributed by atoms with E-state index in [0.29, 0.717) is 39.6 Å². The molecule has 4 rings (SSSR count). The van der Waals surface area contributed by atoms with Crippen LogP contribution in [0.2, 0.25) is 0 Å². The molecule has 258 valence electrons. The van der Waals surface area contributed by atoms with Crippen molar-refractivity contribution >= 4 is 34.6 Å². The average Bonchev–Trinajstić information content (AvgIpc) is 3.09. The van der Waals surface area contributed by atoms with E-state index in [-0.39, 0.29) is 11.8 Å². The van der Waals surface area contributed by atoms with Crippen LogP contribution in [0.1, 0.15) is 82.9 Å². The van der Waals surface area contributed by atoms with Crippen LogP contribution in [0, 0.1) is 6.92 Å². The van der Waals surface area contributed by atoms with Crippen LogP contribution in [0.15, 0.2) is 95.2 Å². The summed E-state index contributed by atoms with van der Waals surface area (Å²) in [5.41, 5.74) is 6.97. The third kappa shape index (κ3) is 12.0. The fourth-order valence-corrected chi connectivity index (χ4v) is 5.51. The summed E-state index contributed by atoms with van der Waals surface area (Å²) in [4.78, 5) is 25.7. The third-order valence-electron chi connectivity index (χ3n) is 8.55. The van der Waals surface area contributed by atoms with Gasteiger partial charge in [0.25, 0.3) is 11.8 Å². The number of carbonyl (C=O) groups is 2. The summed E-state index contributed by atoms with van der Waals surface area (Å²) in [5, 5.41) is 14.7. The fraction of sp³-hybridized carbons (Fsp3) is 0.366. The lowest BCUT2D eigenvalue weighted by Crippen LogP contribution is -2.35. The number of rotatable bonds is 17. The second kappa shape index (κ2) is 18.1. The fourth-order valence-electron chi connectivity index (χ4n) is 5.51. The lowest BCUT2D eigenvalue weighted by atomic mass is 10.0. The van der Waals surface area contributed by atoms with Gasteiger partial charge in [-0.2, -0.15) is 10.2 Å².